The number of carbonyl (C=O) groups excluding carboxylic acids is 5. The van der Waals surface area contributed by atoms with Crippen LogP contribution < -0.4 is 26.6 Å². The molecule has 0 spiro atoms. The number of aryl methyl sites for hydroxylation is 4. The predicted octanol–water partition coefficient (Wildman–Crippen LogP) is 19.5. The van der Waals surface area contributed by atoms with Crippen molar-refractivity contribution in [3.8, 4) is 0 Å². The molecule has 0 radical (unpaired) electrons. The first-order valence-electron chi connectivity index (χ1n) is 36.6. The second-order valence-corrected chi connectivity index (χ2v) is 47.5. The first-order chi connectivity index (χ1) is 57.7. The molecule has 5 aromatic heterocycles. The van der Waals surface area contributed by atoms with E-state index in [1.807, 2.05) is 38.1 Å². The van der Waals surface area contributed by atoms with Gasteiger partial charge in [-0.25, -0.2) is 62.0 Å². The summed E-state index contributed by atoms with van der Waals surface area (Å²) in [6, 6.07) is 39.9. The largest absolute Gasteiger partial charge is 0.434 e. The number of halogens is 11. The van der Waals surface area contributed by atoms with E-state index in [1.54, 1.807) is 6.07 Å². The number of aromatic nitrogens is 5. The molecule has 0 aliphatic heterocycles. The highest BCUT2D eigenvalue weighted by atomic mass is 35.5. The summed E-state index contributed by atoms with van der Waals surface area (Å²) in [7, 11) is -19.9. The van der Waals surface area contributed by atoms with Gasteiger partial charge < -0.3 is 26.6 Å². The van der Waals surface area contributed by atoms with Crippen molar-refractivity contribution in [1.29, 1.82) is 0 Å². The zero-order valence-corrected chi connectivity index (χ0v) is 78.2. The van der Waals surface area contributed by atoms with E-state index in [0.29, 0.717) is 52.4 Å². The van der Waals surface area contributed by atoms with E-state index < -0.39 is 132 Å². The first kappa shape index (κ1) is 101. The van der Waals surface area contributed by atoms with Crippen LogP contribution in [0.15, 0.2) is 206 Å². The molecule has 25 nitrogen and oxygen atoms in total. The molecule has 0 saturated carbocycles. The molecule has 125 heavy (non-hydrogen) atoms. The average molecular weight is 1980 g/mol. The number of fused-ring (bicyclic) bond motifs is 2. The van der Waals surface area contributed by atoms with E-state index in [9.17, 15) is 92.4 Å². The summed E-state index contributed by atoms with van der Waals surface area (Å²) < 4.78 is 195. The zero-order valence-electron chi connectivity index (χ0n) is 67.9. The average Bonchev–Trinajstić information content (AvgIpc) is 1.55. The molecule has 5 N–H and O–H groups in total. The van der Waals surface area contributed by atoms with Crippen LogP contribution in [-0.4, -0.2) is 120 Å². The number of carbonyl (C=O) groups is 5. The Kier molecular flexibility index (Phi) is 32.1. The fraction of sp³-hybridized carbons (Fsp3) is 0.284. The maximum Gasteiger partial charge on any atom is 0.434 e. The number of alkyl halides is 6. The van der Waals surface area contributed by atoms with Gasteiger partial charge in [-0.05, 0) is 254 Å². The molecular weight excluding hydrogens is 1900 g/mol. The maximum absolute atomic E-state index is 12.9. The number of rotatable bonds is 20. The van der Waals surface area contributed by atoms with Crippen molar-refractivity contribution in [2.24, 2.45) is 0 Å². The number of benzene rings is 6. The standard InChI is InChI=1S/C19H17ClN2O3S.C17H19ClN2O3S2.C16H14ClF3N2O3S.C15H17ClN2O3S2.C14H12ClF3N2O3S2/c1-19(2,26(24,25)16-9-7-14(20)8-10-16)18(23)22-15-11-13-5-3-4-6-17(13)21-12-15;1-17(2,25(22,23)12-9-7-11(18)8-10-12)15(21)20-16-19-13-5-3-4-6-14(13)24-16;1-15(2,26(24,25)11-8-6-10(17)7-9-11)14(23)22-13-5-3-4-12(21-13)16(18,19)20;1-9-10(2)22-14(17-9)18-13(19)15(3,4)23(20,21)12-7-5-11(16)6-8-12;1-13(2,25(22,23)9-5-3-8(15)4-6-9)11(21)20-12-19-10(7-24-12)14(16,17)18/h3-12H,1-2H3,(H,22,23);7-10H,3-6H2,1-2H3,(H,19,20,21);3-9H,1-2H3,(H,21,22,23);5-8H,1-4H3,(H,17,18,19);3-7H,1-2H3,(H,19,20,21). The summed E-state index contributed by atoms with van der Waals surface area (Å²) in [5.74, 6) is -4.26. The van der Waals surface area contributed by atoms with Gasteiger partial charge in [-0.2, -0.15) is 26.3 Å². The van der Waals surface area contributed by atoms with Crippen molar-refractivity contribution >= 4 is 209 Å². The van der Waals surface area contributed by atoms with Gasteiger partial charge in [0, 0.05) is 45.6 Å². The molecule has 0 saturated heterocycles. The quantitative estimate of drug-likeness (QED) is 0.0442. The number of hydrogen-bond acceptors (Lipinski definition) is 23. The number of para-hydroxylation sites is 1. The molecule has 11 aromatic rings. The fourth-order valence-corrected chi connectivity index (χ4v) is 20.7. The smallest absolute Gasteiger partial charge is 0.323 e. The number of nitrogens with one attached hydrogen (secondary N) is 5. The van der Waals surface area contributed by atoms with Crippen molar-refractivity contribution in [2.45, 2.75) is 169 Å². The maximum atomic E-state index is 12.9. The zero-order chi connectivity index (χ0) is 93.4. The lowest BCUT2D eigenvalue weighted by Gasteiger charge is -2.24. The Bertz CT molecular complexity index is 6400. The van der Waals surface area contributed by atoms with Crippen LogP contribution in [0.25, 0.3) is 10.9 Å². The molecule has 0 bridgehead atoms. The molecule has 0 unspecified atom stereocenters. The van der Waals surface area contributed by atoms with Crippen molar-refractivity contribution in [3.63, 3.8) is 0 Å². The normalized spacial score (nSPS) is 13.0. The molecule has 668 valence electrons. The van der Waals surface area contributed by atoms with Crippen molar-refractivity contribution in [3.05, 3.63) is 239 Å². The highest BCUT2D eigenvalue weighted by Crippen LogP contribution is 2.39. The van der Waals surface area contributed by atoms with E-state index in [2.05, 4.69) is 51.5 Å². The minimum atomic E-state index is -4.69. The van der Waals surface area contributed by atoms with Gasteiger partial charge in [0.25, 0.3) is 0 Å². The summed E-state index contributed by atoms with van der Waals surface area (Å²) in [4.78, 5) is 84.2. The van der Waals surface area contributed by atoms with Crippen LogP contribution >= 0.6 is 92.0 Å². The summed E-state index contributed by atoms with van der Waals surface area (Å²) >= 11 is 32.1. The lowest BCUT2D eigenvalue weighted by atomic mass is 10.0. The van der Waals surface area contributed by atoms with E-state index >= 15 is 0 Å². The van der Waals surface area contributed by atoms with Gasteiger partial charge in [-0.1, -0.05) is 82.3 Å². The second kappa shape index (κ2) is 39.6. The van der Waals surface area contributed by atoms with Crippen LogP contribution in [0, 0.1) is 13.8 Å². The van der Waals surface area contributed by atoms with E-state index in [-0.39, 0.29) is 29.6 Å². The Balaban J connectivity index is 0.000000194. The van der Waals surface area contributed by atoms with Crippen LogP contribution in [0.4, 0.5) is 53.2 Å². The number of hydrogen-bond donors (Lipinski definition) is 5. The number of sulfone groups is 5. The third-order valence-corrected chi connectivity index (χ3v) is 35.4. The molecule has 12 rings (SSSR count). The van der Waals surface area contributed by atoms with Crippen LogP contribution in [0.5, 0.6) is 0 Å². The number of pyridine rings is 2. The Morgan fingerprint density at radius 2 is 0.720 bits per heavy atom. The van der Waals surface area contributed by atoms with Gasteiger partial charge in [0.15, 0.2) is 70.3 Å². The van der Waals surface area contributed by atoms with Crippen molar-refractivity contribution < 1.29 is 92.4 Å². The molecular formula is C81H79Cl5F6N10O15S8. The Morgan fingerprint density at radius 3 is 1.07 bits per heavy atom. The number of nitrogens with zero attached hydrogens (tertiary/aromatic N) is 5. The van der Waals surface area contributed by atoms with Crippen molar-refractivity contribution in [2.75, 3.05) is 26.6 Å². The van der Waals surface area contributed by atoms with E-state index in [4.69, 9.17) is 58.0 Å². The SMILES string of the molecule is CC(C)(C(=O)Nc1cccc(C(F)(F)F)n1)S(=O)(=O)c1ccc(Cl)cc1.CC(C)(C(=O)Nc1cnc2ccccc2c1)S(=O)(=O)c1ccc(Cl)cc1.CC(C)(C(=O)Nc1nc(C(F)(F)F)cs1)S(=O)(=O)c1ccc(Cl)cc1.CC(C)(C(=O)Nc1nc2c(s1)CCCC2)S(=O)(=O)c1ccc(Cl)cc1.Cc1nc(NC(=O)C(C)(C)S(=O)(=O)c2ccc(Cl)cc2)sc1C. The van der Waals surface area contributed by atoms with E-state index in [1.165, 1.54) is 197 Å². The van der Waals surface area contributed by atoms with Gasteiger partial charge in [-0.3, -0.25) is 29.0 Å². The fourth-order valence-electron chi connectivity index (χ4n) is 10.6. The van der Waals surface area contributed by atoms with E-state index in [0.717, 1.165) is 104 Å². The molecule has 5 amide bonds. The summed E-state index contributed by atoms with van der Waals surface area (Å²) in [6.07, 6.45) is -3.73. The van der Waals surface area contributed by atoms with Gasteiger partial charge in [0.2, 0.25) is 29.5 Å². The topological polar surface area (TPSA) is 381 Å². The predicted molar refractivity (Wildman–Crippen MR) is 475 cm³/mol. The van der Waals surface area contributed by atoms with Gasteiger partial charge in [0.05, 0.1) is 53.3 Å². The molecule has 6 aromatic carbocycles. The summed E-state index contributed by atoms with van der Waals surface area (Å²) in [5, 5.41) is 16.2. The highest BCUT2D eigenvalue weighted by Gasteiger charge is 2.48. The molecule has 0 fully saturated rings. The van der Waals surface area contributed by atoms with Gasteiger partial charge in [0.1, 0.15) is 35.2 Å². The molecule has 5 heterocycles. The first-order valence-corrected chi connectivity index (χ1v) is 48.4. The third kappa shape index (κ3) is 23.8. The highest BCUT2D eigenvalue weighted by molar-refractivity contribution is 7.95. The van der Waals surface area contributed by atoms with Crippen molar-refractivity contribution in [1.82, 2.24) is 24.9 Å². The van der Waals surface area contributed by atoms with Crippen LogP contribution in [0.2, 0.25) is 25.1 Å². The molecule has 0 atom stereocenters. The lowest BCUT2D eigenvalue weighted by molar-refractivity contribution is -0.141. The summed E-state index contributed by atoms with van der Waals surface area (Å²) in [6.45, 7) is 16.6. The number of thiazole rings is 3. The minimum absolute atomic E-state index is 0.0405. The van der Waals surface area contributed by atoms with Crippen LogP contribution in [0.3, 0.4) is 0 Å². The second-order valence-electron chi connectivity index (χ2n) is 29.7. The van der Waals surface area contributed by atoms with Gasteiger partial charge >= 0.3 is 12.4 Å². The molecule has 1 aliphatic rings. The molecule has 1 aliphatic carbocycles. The monoisotopic (exact) mass is 1980 g/mol. The third-order valence-electron chi connectivity index (χ3n) is 19.2. The van der Waals surface area contributed by atoms with Gasteiger partial charge in [-0.15, -0.1) is 34.0 Å². The number of amides is 5. The molecule has 44 heteroatoms. The summed E-state index contributed by atoms with van der Waals surface area (Å²) in [5.41, 5.74) is 0.694. The van der Waals surface area contributed by atoms with Crippen LogP contribution in [-0.2, 0) is 98.4 Å². The van der Waals surface area contributed by atoms with Crippen LogP contribution in [0.1, 0.15) is 115 Å². The Morgan fingerprint density at radius 1 is 0.376 bits per heavy atom. The minimum Gasteiger partial charge on any atom is -0.323 e. The Hall–Kier alpha value is -9.10. The Labute approximate surface area is 754 Å². The number of anilines is 5. The lowest BCUT2D eigenvalue weighted by Crippen LogP contribution is -2.44.